The molecule has 0 aliphatic carbocycles. The van der Waals surface area contributed by atoms with Gasteiger partial charge in [0.2, 0.25) is 0 Å². The van der Waals surface area contributed by atoms with Crippen molar-refractivity contribution in [1.29, 1.82) is 0 Å². The van der Waals surface area contributed by atoms with Crippen LogP contribution in [-0.4, -0.2) is 80.8 Å². The lowest BCUT2D eigenvalue weighted by molar-refractivity contribution is -0.181. The molecule has 5 nitrogen and oxygen atoms in total. The summed E-state index contributed by atoms with van der Waals surface area (Å²) in [6.45, 7) is 6.02. The Kier molecular flexibility index (Phi) is 6.69. The largest absolute Gasteiger partial charge is 0.403 e. The number of nitrogens with zero attached hydrogens (tertiary/aromatic N) is 4. The van der Waals surface area contributed by atoms with Crippen molar-refractivity contribution in [3.05, 3.63) is 30.3 Å². The third kappa shape index (κ3) is 5.10. The van der Waals surface area contributed by atoms with Crippen LogP contribution in [0.25, 0.3) is 0 Å². The van der Waals surface area contributed by atoms with Crippen molar-refractivity contribution in [2.75, 3.05) is 57.8 Å². The van der Waals surface area contributed by atoms with E-state index in [1.54, 1.807) is 7.05 Å². The van der Waals surface area contributed by atoms with Crippen LogP contribution in [0.4, 0.5) is 18.9 Å². The Morgan fingerprint density at radius 2 is 1.82 bits per heavy atom. The number of alkyl halides is 3. The van der Waals surface area contributed by atoms with Crippen LogP contribution in [-0.2, 0) is 0 Å². The van der Waals surface area contributed by atoms with Gasteiger partial charge in [0.15, 0.2) is 5.96 Å². The highest BCUT2D eigenvalue weighted by molar-refractivity contribution is 5.80. The van der Waals surface area contributed by atoms with Crippen LogP contribution < -0.4 is 10.2 Å². The Morgan fingerprint density at radius 3 is 2.43 bits per heavy atom. The van der Waals surface area contributed by atoms with Gasteiger partial charge in [-0.05, 0) is 31.4 Å². The lowest BCUT2D eigenvalue weighted by Crippen LogP contribution is -2.57. The van der Waals surface area contributed by atoms with Crippen LogP contribution in [0.2, 0.25) is 0 Å². The van der Waals surface area contributed by atoms with Gasteiger partial charge in [0.1, 0.15) is 6.04 Å². The molecule has 0 spiro atoms. The number of benzene rings is 1. The van der Waals surface area contributed by atoms with E-state index < -0.39 is 12.2 Å². The van der Waals surface area contributed by atoms with Gasteiger partial charge >= 0.3 is 6.18 Å². The fraction of sp³-hybridized carbons (Fsp3) is 0.650. The van der Waals surface area contributed by atoms with Gasteiger partial charge in [-0.25, -0.2) is 0 Å². The van der Waals surface area contributed by atoms with Gasteiger partial charge in [-0.3, -0.25) is 9.89 Å². The van der Waals surface area contributed by atoms with Gasteiger partial charge in [0.25, 0.3) is 0 Å². The molecular formula is C20H30F3N5. The molecule has 2 heterocycles. The first kappa shape index (κ1) is 20.8. The SMILES string of the molecule is CN=C(NCC1CCN(c2ccccc2)C1)N1CCN(C(C)C(F)(F)F)CC1. The predicted molar refractivity (Wildman–Crippen MR) is 107 cm³/mol. The molecule has 0 amide bonds. The Hall–Kier alpha value is -1.96. The van der Waals surface area contributed by atoms with Crippen LogP contribution >= 0.6 is 0 Å². The quantitative estimate of drug-likeness (QED) is 0.626. The van der Waals surface area contributed by atoms with Gasteiger partial charge in [0, 0.05) is 58.5 Å². The zero-order valence-electron chi connectivity index (χ0n) is 16.6. The second-order valence-electron chi connectivity index (χ2n) is 7.60. The third-order valence-electron chi connectivity index (χ3n) is 5.80. The average Bonchev–Trinajstić information content (AvgIpc) is 3.17. The Labute approximate surface area is 165 Å². The van der Waals surface area contributed by atoms with Gasteiger partial charge in [0.05, 0.1) is 0 Å². The van der Waals surface area contributed by atoms with Crippen molar-refractivity contribution in [2.45, 2.75) is 25.6 Å². The number of halogens is 3. The zero-order valence-corrected chi connectivity index (χ0v) is 16.6. The van der Waals surface area contributed by atoms with Gasteiger partial charge in [-0.1, -0.05) is 18.2 Å². The van der Waals surface area contributed by atoms with E-state index in [-0.39, 0.29) is 0 Å². The van der Waals surface area contributed by atoms with Gasteiger partial charge in [-0.15, -0.1) is 0 Å². The highest BCUT2D eigenvalue weighted by Gasteiger charge is 2.41. The second kappa shape index (κ2) is 9.03. The fourth-order valence-electron chi connectivity index (χ4n) is 3.97. The topological polar surface area (TPSA) is 34.1 Å². The van der Waals surface area contributed by atoms with Crippen molar-refractivity contribution in [2.24, 2.45) is 10.9 Å². The van der Waals surface area contributed by atoms with E-state index in [0.717, 1.165) is 32.0 Å². The number of aliphatic imine (C=N–C) groups is 1. The average molecular weight is 397 g/mol. The number of hydrogen-bond acceptors (Lipinski definition) is 3. The summed E-state index contributed by atoms with van der Waals surface area (Å²) in [5.41, 5.74) is 1.25. The molecule has 2 saturated heterocycles. The number of guanidine groups is 1. The molecule has 3 rings (SSSR count). The third-order valence-corrected chi connectivity index (χ3v) is 5.80. The van der Waals surface area contributed by atoms with E-state index in [9.17, 15) is 13.2 Å². The molecule has 2 fully saturated rings. The normalized spacial score (nSPS) is 23.2. The molecule has 2 atom stereocenters. The van der Waals surface area contributed by atoms with Crippen molar-refractivity contribution >= 4 is 11.6 Å². The minimum atomic E-state index is -4.17. The lowest BCUT2D eigenvalue weighted by Gasteiger charge is -2.39. The second-order valence-corrected chi connectivity index (χ2v) is 7.60. The molecule has 156 valence electrons. The van der Waals surface area contributed by atoms with E-state index in [0.29, 0.717) is 32.1 Å². The molecule has 1 aromatic carbocycles. The standard InChI is InChI=1S/C20H30F3N5/c1-16(20(21,22)23)26-10-12-27(13-11-26)19(24-2)25-14-17-8-9-28(15-17)18-6-4-3-5-7-18/h3-7,16-17H,8-15H2,1-2H3,(H,24,25). The minimum absolute atomic E-state index is 0.395. The molecule has 0 bridgehead atoms. The maximum atomic E-state index is 12.9. The molecule has 0 aromatic heterocycles. The summed E-state index contributed by atoms with van der Waals surface area (Å²) in [7, 11) is 1.73. The van der Waals surface area contributed by atoms with Crippen molar-refractivity contribution in [1.82, 2.24) is 15.1 Å². The van der Waals surface area contributed by atoms with E-state index in [1.165, 1.54) is 17.5 Å². The summed E-state index contributed by atoms with van der Waals surface area (Å²) in [4.78, 5) is 10.3. The van der Waals surface area contributed by atoms with Crippen LogP contribution in [0.15, 0.2) is 35.3 Å². The molecule has 2 unspecified atom stereocenters. The van der Waals surface area contributed by atoms with Crippen molar-refractivity contribution in [3.8, 4) is 0 Å². The summed E-state index contributed by atoms with van der Waals surface area (Å²) >= 11 is 0. The van der Waals surface area contributed by atoms with E-state index in [4.69, 9.17) is 0 Å². The maximum absolute atomic E-state index is 12.9. The molecular weight excluding hydrogens is 367 g/mol. The smallest absolute Gasteiger partial charge is 0.371 e. The molecule has 28 heavy (non-hydrogen) atoms. The Balaban J connectivity index is 1.45. The lowest BCUT2D eigenvalue weighted by atomic mass is 10.1. The van der Waals surface area contributed by atoms with Crippen molar-refractivity contribution in [3.63, 3.8) is 0 Å². The van der Waals surface area contributed by atoms with Gasteiger partial charge in [-0.2, -0.15) is 13.2 Å². The Bertz CT molecular complexity index is 641. The number of nitrogens with one attached hydrogen (secondary N) is 1. The van der Waals surface area contributed by atoms with Crippen LogP contribution in [0.1, 0.15) is 13.3 Å². The molecule has 8 heteroatoms. The maximum Gasteiger partial charge on any atom is 0.403 e. The van der Waals surface area contributed by atoms with Gasteiger partial charge < -0.3 is 15.1 Å². The highest BCUT2D eigenvalue weighted by atomic mass is 19.4. The molecule has 2 aliphatic heterocycles. The number of anilines is 1. The number of hydrogen-bond donors (Lipinski definition) is 1. The minimum Gasteiger partial charge on any atom is -0.371 e. The summed E-state index contributed by atoms with van der Waals surface area (Å²) in [6.07, 6.45) is -3.05. The zero-order chi connectivity index (χ0) is 20.1. The first-order valence-electron chi connectivity index (χ1n) is 9.95. The summed E-state index contributed by atoms with van der Waals surface area (Å²) in [5, 5.41) is 3.44. The summed E-state index contributed by atoms with van der Waals surface area (Å²) in [6, 6.07) is 9.01. The summed E-state index contributed by atoms with van der Waals surface area (Å²) < 4.78 is 38.7. The van der Waals surface area contributed by atoms with Crippen LogP contribution in [0.3, 0.4) is 0 Å². The molecule has 2 aliphatic rings. The van der Waals surface area contributed by atoms with E-state index >= 15 is 0 Å². The predicted octanol–water partition coefficient (Wildman–Crippen LogP) is 2.66. The molecule has 1 N–H and O–H groups in total. The molecule has 1 aromatic rings. The first-order chi connectivity index (χ1) is 13.4. The van der Waals surface area contributed by atoms with E-state index in [2.05, 4.69) is 44.4 Å². The number of piperazine rings is 1. The summed E-state index contributed by atoms with van der Waals surface area (Å²) in [5.74, 6) is 1.32. The van der Waals surface area contributed by atoms with Crippen LogP contribution in [0, 0.1) is 5.92 Å². The number of para-hydroxylation sites is 1. The monoisotopic (exact) mass is 397 g/mol. The molecule has 0 saturated carbocycles. The Morgan fingerprint density at radius 1 is 1.14 bits per heavy atom. The highest BCUT2D eigenvalue weighted by Crippen LogP contribution is 2.25. The first-order valence-corrected chi connectivity index (χ1v) is 9.95. The molecule has 0 radical (unpaired) electrons. The van der Waals surface area contributed by atoms with Crippen LogP contribution in [0.5, 0.6) is 0 Å². The number of rotatable bonds is 4. The fourth-order valence-corrected chi connectivity index (χ4v) is 3.97. The van der Waals surface area contributed by atoms with Crippen molar-refractivity contribution < 1.29 is 13.2 Å². The van der Waals surface area contributed by atoms with E-state index in [1.807, 2.05) is 6.07 Å².